The molecule has 0 N–H and O–H groups in total. The van der Waals surface area contributed by atoms with Crippen LogP contribution in [0.5, 0.6) is 0 Å². The molecule has 1 aromatic rings. The van der Waals surface area contributed by atoms with Crippen LogP contribution in [0.15, 0.2) is 36.1 Å². The molecule has 0 fully saturated rings. The van der Waals surface area contributed by atoms with Crippen molar-refractivity contribution < 1.29 is 4.74 Å². The van der Waals surface area contributed by atoms with Crippen molar-refractivity contribution in [1.29, 1.82) is 5.26 Å². The Balaban J connectivity index is 2.16. The second-order valence-corrected chi connectivity index (χ2v) is 3.77. The fraction of sp³-hybridized carbons (Fsp3) is 0.308. The van der Waals surface area contributed by atoms with Gasteiger partial charge in [-0.3, -0.25) is 0 Å². The van der Waals surface area contributed by atoms with E-state index < -0.39 is 0 Å². The number of hydrogen-bond donors (Lipinski definition) is 0. The summed E-state index contributed by atoms with van der Waals surface area (Å²) in [4.78, 5) is 0. The molecule has 0 radical (unpaired) electrons. The van der Waals surface area contributed by atoms with Crippen molar-refractivity contribution >= 4 is 0 Å². The first-order valence-electron chi connectivity index (χ1n) is 5.13. The second-order valence-electron chi connectivity index (χ2n) is 3.77. The van der Waals surface area contributed by atoms with Crippen LogP contribution in [-0.2, 0) is 4.74 Å². The smallest absolute Gasteiger partial charge is 0.193 e. The van der Waals surface area contributed by atoms with Crippen molar-refractivity contribution in [3.63, 3.8) is 0 Å². The molecule has 1 heterocycles. The zero-order valence-electron chi connectivity index (χ0n) is 8.73. The quantitative estimate of drug-likeness (QED) is 0.695. The molecule has 0 aromatic heterocycles. The minimum atomic E-state index is 0.0465. The van der Waals surface area contributed by atoms with E-state index in [1.165, 1.54) is 5.56 Å². The molecule has 2 heteroatoms. The largest absolute Gasteiger partial charge is 0.476 e. The van der Waals surface area contributed by atoms with Crippen molar-refractivity contribution in [2.75, 3.05) is 0 Å². The Morgan fingerprint density at radius 3 is 2.73 bits per heavy atom. The van der Waals surface area contributed by atoms with Crippen molar-refractivity contribution in [3.05, 3.63) is 47.2 Å². The third-order valence-electron chi connectivity index (χ3n) is 2.59. The normalized spacial score (nSPS) is 20.0. The van der Waals surface area contributed by atoms with Gasteiger partial charge in [0.25, 0.3) is 0 Å². The highest BCUT2D eigenvalue weighted by molar-refractivity contribution is 5.25. The van der Waals surface area contributed by atoms with Gasteiger partial charge in [-0.2, -0.15) is 5.26 Å². The molecule has 0 amide bonds. The number of ether oxygens (including phenoxy) is 1. The lowest BCUT2D eigenvalue weighted by molar-refractivity contribution is 0.107. The SMILES string of the molecule is Cc1ccc([C@H]2CCC=C(C#N)O2)cc1. The van der Waals surface area contributed by atoms with Gasteiger partial charge >= 0.3 is 0 Å². The maximum absolute atomic E-state index is 8.76. The number of benzene rings is 1. The molecule has 76 valence electrons. The Labute approximate surface area is 89.8 Å². The second kappa shape index (κ2) is 4.18. The fourth-order valence-corrected chi connectivity index (χ4v) is 1.71. The zero-order valence-corrected chi connectivity index (χ0v) is 8.73. The van der Waals surface area contributed by atoms with E-state index in [0.717, 1.165) is 18.4 Å². The summed E-state index contributed by atoms with van der Waals surface area (Å²) in [5, 5.41) is 8.76. The van der Waals surface area contributed by atoms with E-state index in [9.17, 15) is 0 Å². The molecule has 1 aromatic carbocycles. The summed E-state index contributed by atoms with van der Waals surface area (Å²) < 4.78 is 5.56. The van der Waals surface area contributed by atoms with Gasteiger partial charge in [0.15, 0.2) is 5.76 Å². The first-order valence-corrected chi connectivity index (χ1v) is 5.13. The number of nitrogens with zero attached hydrogens (tertiary/aromatic N) is 1. The molecular formula is C13H13NO. The van der Waals surface area contributed by atoms with Crippen LogP contribution in [0.4, 0.5) is 0 Å². The van der Waals surface area contributed by atoms with E-state index >= 15 is 0 Å². The lowest BCUT2D eigenvalue weighted by atomic mass is 10.0. The van der Waals surface area contributed by atoms with Crippen molar-refractivity contribution in [2.24, 2.45) is 0 Å². The van der Waals surface area contributed by atoms with Gasteiger partial charge in [0.2, 0.25) is 0 Å². The molecule has 0 saturated heterocycles. The highest BCUT2D eigenvalue weighted by Crippen LogP contribution is 2.29. The summed E-state index contributed by atoms with van der Waals surface area (Å²) in [5.74, 6) is 0.451. The van der Waals surface area contributed by atoms with E-state index in [1.54, 1.807) is 0 Å². The van der Waals surface area contributed by atoms with Crippen LogP contribution in [0, 0.1) is 18.3 Å². The number of hydrogen-bond acceptors (Lipinski definition) is 2. The van der Waals surface area contributed by atoms with E-state index in [0.29, 0.717) is 5.76 Å². The third kappa shape index (κ3) is 2.19. The lowest BCUT2D eigenvalue weighted by Crippen LogP contribution is -2.07. The van der Waals surface area contributed by atoms with Crippen molar-refractivity contribution in [1.82, 2.24) is 0 Å². The van der Waals surface area contributed by atoms with Crippen LogP contribution in [0.3, 0.4) is 0 Å². The molecule has 2 rings (SSSR count). The first kappa shape index (κ1) is 9.79. The van der Waals surface area contributed by atoms with Gasteiger partial charge in [-0.15, -0.1) is 0 Å². The third-order valence-corrected chi connectivity index (χ3v) is 2.59. The van der Waals surface area contributed by atoms with Crippen LogP contribution in [0.25, 0.3) is 0 Å². The summed E-state index contributed by atoms with van der Waals surface area (Å²) in [7, 11) is 0. The standard InChI is InChI=1S/C13H13NO/c1-10-5-7-11(8-6-10)13-4-2-3-12(9-14)15-13/h3,5-8,13H,2,4H2,1H3/t13-/m1/s1. The number of nitriles is 1. The van der Waals surface area contributed by atoms with E-state index in [4.69, 9.17) is 10.00 Å². The highest BCUT2D eigenvalue weighted by Gasteiger charge is 2.17. The van der Waals surface area contributed by atoms with Crippen molar-refractivity contribution in [3.8, 4) is 6.07 Å². The van der Waals surface area contributed by atoms with Gasteiger partial charge in [0, 0.05) is 0 Å². The van der Waals surface area contributed by atoms with Crippen LogP contribution in [0.2, 0.25) is 0 Å². The zero-order chi connectivity index (χ0) is 10.7. The maximum Gasteiger partial charge on any atom is 0.193 e. The monoisotopic (exact) mass is 199 g/mol. The van der Waals surface area contributed by atoms with Gasteiger partial charge in [0.05, 0.1) is 0 Å². The van der Waals surface area contributed by atoms with Gasteiger partial charge in [-0.25, -0.2) is 0 Å². The number of allylic oxidation sites excluding steroid dienone is 2. The minimum absolute atomic E-state index is 0.0465. The Morgan fingerprint density at radius 1 is 1.33 bits per heavy atom. The van der Waals surface area contributed by atoms with Gasteiger partial charge in [-0.1, -0.05) is 29.8 Å². The van der Waals surface area contributed by atoms with E-state index in [2.05, 4.69) is 37.3 Å². The van der Waals surface area contributed by atoms with Crippen LogP contribution < -0.4 is 0 Å². The molecule has 0 spiro atoms. The molecule has 1 aliphatic heterocycles. The van der Waals surface area contributed by atoms with Crippen LogP contribution in [-0.4, -0.2) is 0 Å². The average molecular weight is 199 g/mol. The van der Waals surface area contributed by atoms with Gasteiger partial charge < -0.3 is 4.74 Å². The summed E-state index contributed by atoms with van der Waals surface area (Å²) >= 11 is 0. The summed E-state index contributed by atoms with van der Waals surface area (Å²) in [6.45, 7) is 2.06. The van der Waals surface area contributed by atoms with Gasteiger partial charge in [-0.05, 0) is 31.4 Å². The van der Waals surface area contributed by atoms with Crippen molar-refractivity contribution in [2.45, 2.75) is 25.9 Å². The Bertz CT molecular complexity index is 411. The minimum Gasteiger partial charge on any atom is -0.476 e. The summed E-state index contributed by atoms with van der Waals surface area (Å²) in [6.07, 6.45) is 3.77. The predicted molar refractivity (Wildman–Crippen MR) is 57.9 cm³/mol. The van der Waals surface area contributed by atoms with Crippen LogP contribution in [0.1, 0.15) is 30.1 Å². The average Bonchev–Trinajstić information content (AvgIpc) is 2.30. The van der Waals surface area contributed by atoms with Crippen LogP contribution >= 0.6 is 0 Å². The number of rotatable bonds is 1. The summed E-state index contributed by atoms with van der Waals surface area (Å²) in [6, 6.07) is 10.3. The highest BCUT2D eigenvalue weighted by atomic mass is 16.5. The molecule has 1 atom stereocenters. The van der Waals surface area contributed by atoms with E-state index in [1.807, 2.05) is 6.08 Å². The predicted octanol–water partition coefficient (Wildman–Crippen LogP) is 3.25. The molecule has 2 nitrogen and oxygen atoms in total. The Hall–Kier alpha value is -1.75. The first-order chi connectivity index (χ1) is 7.29. The summed E-state index contributed by atoms with van der Waals surface area (Å²) in [5.41, 5.74) is 2.40. The fourth-order valence-electron chi connectivity index (χ4n) is 1.71. The molecule has 0 unspecified atom stereocenters. The maximum atomic E-state index is 8.76. The molecule has 1 aliphatic rings. The molecular weight excluding hydrogens is 186 g/mol. The molecule has 15 heavy (non-hydrogen) atoms. The Kier molecular flexibility index (Phi) is 2.73. The Morgan fingerprint density at radius 2 is 2.07 bits per heavy atom. The molecule has 0 aliphatic carbocycles. The van der Waals surface area contributed by atoms with Gasteiger partial charge in [0.1, 0.15) is 12.2 Å². The lowest BCUT2D eigenvalue weighted by Gasteiger charge is -2.21. The topological polar surface area (TPSA) is 33.0 Å². The number of aryl methyl sites for hydroxylation is 1. The molecule has 0 bridgehead atoms. The molecule has 0 saturated carbocycles. The van der Waals surface area contributed by atoms with E-state index in [-0.39, 0.29) is 6.10 Å².